The van der Waals surface area contributed by atoms with Gasteiger partial charge < -0.3 is 9.73 Å². The number of furan rings is 1. The van der Waals surface area contributed by atoms with E-state index in [0.29, 0.717) is 39.2 Å². The maximum absolute atomic E-state index is 13.8. The van der Waals surface area contributed by atoms with Crippen LogP contribution in [-0.4, -0.2) is 49.2 Å². The van der Waals surface area contributed by atoms with E-state index in [1.54, 1.807) is 24.5 Å². The summed E-state index contributed by atoms with van der Waals surface area (Å²) in [7, 11) is -0.730. The van der Waals surface area contributed by atoms with E-state index in [4.69, 9.17) is 9.40 Å². The van der Waals surface area contributed by atoms with E-state index in [0.717, 1.165) is 28.5 Å². The largest absolute Gasteiger partial charge is 0.455 e. The number of para-hydroxylation sites is 2. The van der Waals surface area contributed by atoms with Crippen LogP contribution in [0.15, 0.2) is 114 Å². The standard InChI is InChI=1S/C36H28FN5O4S/c1-38-36(43)33-28-19-27(31(41(2)47(3,44)45)20-32(28)46-34(33)22-13-15-25(37)16-14-22)23-8-6-9-24(18-23)35-40-29-11-4-5-12-30(29)42(35)26-10-7-17-39-21-26/h4-21H,1-3H3,(H,38,43). The number of rotatable bonds is 7. The number of carbonyl (C=O) groups is 1. The van der Waals surface area contributed by atoms with Gasteiger partial charge in [0.15, 0.2) is 0 Å². The third-order valence-electron chi connectivity index (χ3n) is 8.10. The van der Waals surface area contributed by atoms with Gasteiger partial charge in [-0.2, -0.15) is 0 Å². The highest BCUT2D eigenvalue weighted by Crippen LogP contribution is 2.42. The Morgan fingerprint density at radius 1 is 0.915 bits per heavy atom. The zero-order chi connectivity index (χ0) is 32.9. The average molecular weight is 646 g/mol. The van der Waals surface area contributed by atoms with Gasteiger partial charge >= 0.3 is 0 Å². The number of carbonyl (C=O) groups excluding carboxylic acids is 1. The van der Waals surface area contributed by atoms with E-state index in [1.165, 1.54) is 42.7 Å². The van der Waals surface area contributed by atoms with Gasteiger partial charge in [0, 0.05) is 48.4 Å². The molecule has 0 atom stereocenters. The lowest BCUT2D eigenvalue weighted by Crippen LogP contribution is -2.25. The number of fused-ring (bicyclic) bond motifs is 2. The Morgan fingerprint density at radius 3 is 2.40 bits per heavy atom. The van der Waals surface area contributed by atoms with Crippen LogP contribution in [0, 0.1) is 5.82 Å². The molecule has 0 aliphatic heterocycles. The third kappa shape index (κ3) is 5.30. The molecule has 1 N–H and O–H groups in total. The fraction of sp³-hybridized carbons (Fsp3) is 0.0833. The number of halogens is 1. The number of sulfonamides is 1. The van der Waals surface area contributed by atoms with Crippen LogP contribution in [0.4, 0.5) is 10.1 Å². The lowest BCUT2D eigenvalue weighted by molar-refractivity contribution is 0.0964. The predicted octanol–water partition coefficient (Wildman–Crippen LogP) is 7.06. The number of hydrogen-bond acceptors (Lipinski definition) is 6. The Labute approximate surface area is 270 Å². The monoisotopic (exact) mass is 645 g/mol. The molecule has 3 aromatic heterocycles. The number of nitrogens with zero attached hydrogens (tertiary/aromatic N) is 4. The summed E-state index contributed by atoms with van der Waals surface area (Å²) in [5, 5.41) is 3.14. The highest BCUT2D eigenvalue weighted by Gasteiger charge is 2.26. The summed E-state index contributed by atoms with van der Waals surface area (Å²) in [6.07, 6.45) is 4.60. The van der Waals surface area contributed by atoms with Gasteiger partial charge in [-0.05, 0) is 66.2 Å². The zero-order valence-corrected chi connectivity index (χ0v) is 26.4. The van der Waals surface area contributed by atoms with E-state index >= 15 is 0 Å². The lowest BCUT2D eigenvalue weighted by atomic mass is 9.97. The molecule has 0 saturated heterocycles. The highest BCUT2D eigenvalue weighted by atomic mass is 32.2. The number of amides is 1. The van der Waals surface area contributed by atoms with Crippen molar-refractivity contribution in [1.82, 2.24) is 19.9 Å². The molecule has 9 nitrogen and oxygen atoms in total. The SMILES string of the molecule is CNC(=O)c1c(-c2ccc(F)cc2)oc2cc(N(C)S(C)(=O)=O)c(-c3cccc(-c4nc5ccccc5n4-c4cccnc4)c3)cc12. The van der Waals surface area contributed by atoms with E-state index in [1.807, 2.05) is 65.2 Å². The Bertz CT molecular complexity index is 2420. The van der Waals surface area contributed by atoms with Crippen molar-refractivity contribution in [3.05, 3.63) is 121 Å². The summed E-state index contributed by atoms with van der Waals surface area (Å²) < 4.78 is 49.0. The molecule has 0 saturated carbocycles. The molecule has 0 fully saturated rings. The van der Waals surface area contributed by atoms with Crippen molar-refractivity contribution in [2.24, 2.45) is 0 Å². The maximum Gasteiger partial charge on any atom is 0.255 e. The first kappa shape index (κ1) is 29.9. The molecule has 3 heterocycles. The molecule has 0 unspecified atom stereocenters. The molecular formula is C36H28FN5O4S. The first-order chi connectivity index (χ1) is 22.6. The minimum Gasteiger partial charge on any atom is -0.455 e. The van der Waals surface area contributed by atoms with Crippen LogP contribution in [0.2, 0.25) is 0 Å². The summed E-state index contributed by atoms with van der Waals surface area (Å²) in [6.45, 7) is 0. The molecule has 0 radical (unpaired) electrons. The van der Waals surface area contributed by atoms with Gasteiger partial charge in [-0.3, -0.25) is 18.7 Å². The Balaban J connectivity index is 1.49. The molecule has 0 aliphatic rings. The molecule has 234 valence electrons. The molecule has 0 bridgehead atoms. The Morgan fingerprint density at radius 2 is 1.68 bits per heavy atom. The topological polar surface area (TPSA) is 110 Å². The molecule has 7 rings (SSSR count). The number of aromatic nitrogens is 3. The number of imidazole rings is 1. The number of hydrogen-bond donors (Lipinski definition) is 1. The van der Waals surface area contributed by atoms with Crippen molar-refractivity contribution in [2.75, 3.05) is 24.7 Å². The summed E-state index contributed by atoms with van der Waals surface area (Å²) in [4.78, 5) is 22.6. The Kier molecular flexibility index (Phi) is 7.32. The van der Waals surface area contributed by atoms with Crippen LogP contribution in [0.1, 0.15) is 10.4 Å². The summed E-state index contributed by atoms with van der Waals surface area (Å²) >= 11 is 0. The summed E-state index contributed by atoms with van der Waals surface area (Å²) in [6, 6.07) is 28.3. The van der Waals surface area contributed by atoms with Crippen LogP contribution >= 0.6 is 0 Å². The maximum atomic E-state index is 13.8. The average Bonchev–Trinajstić information content (AvgIpc) is 3.66. The number of benzene rings is 4. The van der Waals surface area contributed by atoms with E-state index in [9.17, 15) is 17.6 Å². The normalized spacial score (nSPS) is 11.7. The Hall–Kier alpha value is -5.81. The van der Waals surface area contributed by atoms with Crippen molar-refractivity contribution in [1.29, 1.82) is 0 Å². The van der Waals surface area contributed by atoms with Gasteiger partial charge in [-0.1, -0.05) is 30.3 Å². The number of pyridine rings is 1. The van der Waals surface area contributed by atoms with Crippen LogP contribution < -0.4 is 9.62 Å². The van der Waals surface area contributed by atoms with Gasteiger partial charge in [0.05, 0.1) is 40.4 Å². The van der Waals surface area contributed by atoms with Gasteiger partial charge in [-0.15, -0.1) is 0 Å². The van der Waals surface area contributed by atoms with Crippen molar-refractivity contribution < 1.29 is 22.0 Å². The minimum atomic E-state index is -3.71. The molecule has 0 aliphatic carbocycles. The minimum absolute atomic E-state index is 0.239. The van der Waals surface area contributed by atoms with E-state index < -0.39 is 21.7 Å². The molecule has 47 heavy (non-hydrogen) atoms. The van der Waals surface area contributed by atoms with Gasteiger partial charge in [0.2, 0.25) is 10.0 Å². The smallest absolute Gasteiger partial charge is 0.255 e. The molecule has 0 spiro atoms. The second-order valence-corrected chi connectivity index (χ2v) is 13.1. The van der Waals surface area contributed by atoms with Crippen LogP contribution in [0.25, 0.3) is 61.5 Å². The quantitative estimate of drug-likeness (QED) is 0.199. The highest BCUT2D eigenvalue weighted by molar-refractivity contribution is 7.92. The van der Waals surface area contributed by atoms with Crippen LogP contribution in [-0.2, 0) is 10.0 Å². The van der Waals surface area contributed by atoms with Crippen LogP contribution in [0.5, 0.6) is 0 Å². The molecule has 1 amide bonds. The van der Waals surface area contributed by atoms with E-state index in [2.05, 4.69) is 10.3 Å². The zero-order valence-electron chi connectivity index (χ0n) is 25.6. The molecule has 4 aromatic carbocycles. The van der Waals surface area contributed by atoms with Gasteiger partial charge in [0.1, 0.15) is 23.0 Å². The number of nitrogens with one attached hydrogen (secondary N) is 1. The van der Waals surface area contributed by atoms with Crippen molar-refractivity contribution >= 4 is 43.6 Å². The van der Waals surface area contributed by atoms with Crippen molar-refractivity contribution in [3.63, 3.8) is 0 Å². The third-order valence-corrected chi connectivity index (χ3v) is 9.29. The van der Waals surface area contributed by atoms with Crippen molar-refractivity contribution in [3.8, 4) is 39.5 Å². The second kappa shape index (κ2) is 11.5. The number of anilines is 1. The summed E-state index contributed by atoms with van der Waals surface area (Å²) in [5.74, 6) is 0.0799. The van der Waals surface area contributed by atoms with Crippen LogP contribution in [0.3, 0.4) is 0 Å². The molecule has 7 aromatic rings. The second-order valence-electron chi connectivity index (χ2n) is 11.0. The van der Waals surface area contributed by atoms with E-state index in [-0.39, 0.29) is 11.3 Å². The van der Waals surface area contributed by atoms with Gasteiger partial charge in [-0.25, -0.2) is 17.8 Å². The summed E-state index contributed by atoms with van der Waals surface area (Å²) in [5.41, 5.74) is 5.95. The first-order valence-electron chi connectivity index (χ1n) is 14.6. The lowest BCUT2D eigenvalue weighted by Gasteiger charge is -2.21. The molecule has 11 heteroatoms. The van der Waals surface area contributed by atoms with Crippen molar-refractivity contribution in [2.45, 2.75) is 0 Å². The predicted molar refractivity (Wildman–Crippen MR) is 182 cm³/mol. The first-order valence-corrected chi connectivity index (χ1v) is 16.5. The van der Waals surface area contributed by atoms with Gasteiger partial charge in [0.25, 0.3) is 5.91 Å². The fourth-order valence-corrected chi connectivity index (χ4v) is 6.26. The fourth-order valence-electron chi connectivity index (χ4n) is 5.75. The molecular weight excluding hydrogens is 617 g/mol.